The molecule has 0 aliphatic carbocycles. The molecular formula is C28H25FN2O5. The second-order valence-corrected chi connectivity index (χ2v) is 8.30. The molecule has 0 bridgehead atoms. The number of urea groups is 1. The molecular weight excluding hydrogens is 463 g/mol. The SMILES string of the molecule is CCOc1cc(/C=C2\C(=O)NC(=O)N(c3cc(C)ccc3C)C2=O)ccc1OCc1ccc(F)cc1. The third kappa shape index (κ3) is 5.27. The first-order chi connectivity index (χ1) is 17.3. The molecule has 8 heteroatoms. The summed E-state index contributed by atoms with van der Waals surface area (Å²) in [6, 6.07) is 15.6. The van der Waals surface area contributed by atoms with E-state index in [4.69, 9.17) is 9.47 Å². The normalized spacial score (nSPS) is 14.7. The Hall–Kier alpha value is -4.46. The number of ether oxygens (including phenoxy) is 2. The lowest BCUT2D eigenvalue weighted by molar-refractivity contribution is -0.122. The number of carbonyl (C=O) groups is 3. The molecule has 4 amide bonds. The van der Waals surface area contributed by atoms with Gasteiger partial charge in [0.05, 0.1) is 12.3 Å². The number of nitrogens with zero attached hydrogens (tertiary/aromatic N) is 1. The number of halogens is 1. The summed E-state index contributed by atoms with van der Waals surface area (Å²) in [5.74, 6) is -0.950. The van der Waals surface area contributed by atoms with Gasteiger partial charge in [0.1, 0.15) is 18.0 Å². The number of barbiturate groups is 1. The molecule has 1 heterocycles. The van der Waals surface area contributed by atoms with E-state index in [2.05, 4.69) is 5.32 Å². The molecule has 4 rings (SSSR count). The monoisotopic (exact) mass is 488 g/mol. The molecule has 1 saturated heterocycles. The molecule has 36 heavy (non-hydrogen) atoms. The van der Waals surface area contributed by atoms with Gasteiger partial charge in [-0.3, -0.25) is 14.9 Å². The lowest BCUT2D eigenvalue weighted by atomic mass is 10.0. The van der Waals surface area contributed by atoms with Crippen LogP contribution in [0.25, 0.3) is 6.08 Å². The Balaban J connectivity index is 1.63. The predicted octanol–water partition coefficient (Wildman–Crippen LogP) is 5.09. The molecule has 0 atom stereocenters. The number of rotatable bonds is 7. The Morgan fingerprint density at radius 3 is 2.39 bits per heavy atom. The average molecular weight is 489 g/mol. The highest BCUT2D eigenvalue weighted by molar-refractivity contribution is 6.39. The molecule has 0 radical (unpaired) electrons. The van der Waals surface area contributed by atoms with Crippen LogP contribution in [0.4, 0.5) is 14.9 Å². The lowest BCUT2D eigenvalue weighted by Gasteiger charge is -2.27. The molecule has 0 saturated carbocycles. The van der Waals surface area contributed by atoms with Crippen molar-refractivity contribution >= 4 is 29.6 Å². The summed E-state index contributed by atoms with van der Waals surface area (Å²) in [7, 11) is 0. The third-order valence-corrected chi connectivity index (χ3v) is 5.59. The minimum absolute atomic E-state index is 0.182. The topological polar surface area (TPSA) is 84.9 Å². The van der Waals surface area contributed by atoms with Crippen molar-refractivity contribution in [3.8, 4) is 11.5 Å². The maximum atomic E-state index is 13.3. The molecule has 3 aromatic carbocycles. The fraction of sp³-hybridized carbons (Fsp3) is 0.179. The molecule has 0 spiro atoms. The van der Waals surface area contributed by atoms with Crippen LogP contribution in [0.5, 0.6) is 11.5 Å². The van der Waals surface area contributed by atoms with Crippen LogP contribution in [-0.4, -0.2) is 24.5 Å². The first-order valence-electron chi connectivity index (χ1n) is 11.4. The largest absolute Gasteiger partial charge is 0.490 e. The van der Waals surface area contributed by atoms with E-state index < -0.39 is 17.8 Å². The van der Waals surface area contributed by atoms with Gasteiger partial charge in [-0.2, -0.15) is 0 Å². The molecule has 0 unspecified atom stereocenters. The van der Waals surface area contributed by atoms with E-state index in [0.29, 0.717) is 29.4 Å². The molecule has 0 aromatic heterocycles. The number of benzene rings is 3. The van der Waals surface area contributed by atoms with Crippen molar-refractivity contribution in [3.63, 3.8) is 0 Å². The van der Waals surface area contributed by atoms with Crippen molar-refractivity contribution in [3.05, 3.63) is 94.3 Å². The summed E-state index contributed by atoms with van der Waals surface area (Å²) in [5.41, 5.74) is 3.12. The highest BCUT2D eigenvalue weighted by Gasteiger charge is 2.37. The van der Waals surface area contributed by atoms with Gasteiger partial charge < -0.3 is 9.47 Å². The number of hydrogen-bond acceptors (Lipinski definition) is 5. The molecule has 3 aromatic rings. The minimum atomic E-state index is -0.796. The summed E-state index contributed by atoms with van der Waals surface area (Å²) in [6.45, 7) is 6.02. The highest BCUT2D eigenvalue weighted by Crippen LogP contribution is 2.31. The van der Waals surface area contributed by atoms with Gasteiger partial charge in [0.25, 0.3) is 11.8 Å². The van der Waals surface area contributed by atoms with Crippen molar-refractivity contribution in [2.45, 2.75) is 27.4 Å². The second-order valence-electron chi connectivity index (χ2n) is 8.30. The number of aryl methyl sites for hydroxylation is 2. The Labute approximate surface area is 208 Å². The van der Waals surface area contributed by atoms with Crippen LogP contribution < -0.4 is 19.7 Å². The maximum Gasteiger partial charge on any atom is 0.335 e. The Morgan fingerprint density at radius 1 is 0.917 bits per heavy atom. The zero-order valence-electron chi connectivity index (χ0n) is 20.1. The van der Waals surface area contributed by atoms with E-state index in [-0.39, 0.29) is 18.0 Å². The fourth-order valence-electron chi connectivity index (χ4n) is 3.75. The van der Waals surface area contributed by atoms with Crippen LogP contribution >= 0.6 is 0 Å². The predicted molar refractivity (Wildman–Crippen MR) is 133 cm³/mol. The Kier molecular flexibility index (Phi) is 7.15. The fourth-order valence-corrected chi connectivity index (χ4v) is 3.75. The van der Waals surface area contributed by atoms with Gasteiger partial charge in [0, 0.05) is 0 Å². The molecule has 1 N–H and O–H groups in total. The summed E-state index contributed by atoms with van der Waals surface area (Å²) < 4.78 is 24.7. The molecule has 184 valence electrons. The van der Waals surface area contributed by atoms with Crippen LogP contribution in [0.3, 0.4) is 0 Å². The van der Waals surface area contributed by atoms with Gasteiger partial charge in [-0.25, -0.2) is 14.1 Å². The van der Waals surface area contributed by atoms with Gasteiger partial charge in [0.2, 0.25) is 0 Å². The number of carbonyl (C=O) groups excluding carboxylic acids is 3. The zero-order chi connectivity index (χ0) is 25.8. The van der Waals surface area contributed by atoms with E-state index in [1.807, 2.05) is 26.0 Å². The van der Waals surface area contributed by atoms with Crippen LogP contribution in [0.2, 0.25) is 0 Å². The molecule has 7 nitrogen and oxygen atoms in total. The van der Waals surface area contributed by atoms with E-state index in [1.165, 1.54) is 18.2 Å². The Morgan fingerprint density at radius 2 is 1.67 bits per heavy atom. The lowest BCUT2D eigenvalue weighted by Crippen LogP contribution is -2.54. The highest BCUT2D eigenvalue weighted by atomic mass is 19.1. The van der Waals surface area contributed by atoms with Crippen molar-refractivity contribution < 1.29 is 28.2 Å². The Bertz CT molecular complexity index is 1360. The maximum absolute atomic E-state index is 13.3. The minimum Gasteiger partial charge on any atom is -0.490 e. The van der Waals surface area contributed by atoms with Gasteiger partial charge in [-0.1, -0.05) is 30.3 Å². The molecule has 1 aliphatic rings. The van der Waals surface area contributed by atoms with Crippen LogP contribution in [0.15, 0.2) is 66.2 Å². The quantitative estimate of drug-likeness (QED) is 0.370. The van der Waals surface area contributed by atoms with Crippen LogP contribution in [0, 0.1) is 19.7 Å². The number of imide groups is 2. The van der Waals surface area contributed by atoms with E-state index in [9.17, 15) is 18.8 Å². The number of nitrogens with one attached hydrogen (secondary N) is 1. The summed E-state index contributed by atoms with van der Waals surface area (Å²) in [6.07, 6.45) is 1.41. The van der Waals surface area contributed by atoms with Gasteiger partial charge in [0.15, 0.2) is 11.5 Å². The number of anilines is 1. The van der Waals surface area contributed by atoms with Crippen LogP contribution in [-0.2, 0) is 16.2 Å². The van der Waals surface area contributed by atoms with Gasteiger partial charge in [-0.15, -0.1) is 0 Å². The van der Waals surface area contributed by atoms with E-state index in [0.717, 1.165) is 21.6 Å². The number of hydrogen-bond donors (Lipinski definition) is 1. The number of amides is 4. The van der Waals surface area contributed by atoms with Crippen molar-refractivity contribution in [1.82, 2.24) is 5.32 Å². The summed E-state index contributed by atoms with van der Waals surface area (Å²) in [5, 5.41) is 2.25. The van der Waals surface area contributed by atoms with Crippen molar-refractivity contribution in [2.24, 2.45) is 0 Å². The smallest absolute Gasteiger partial charge is 0.335 e. The van der Waals surface area contributed by atoms with Gasteiger partial charge >= 0.3 is 6.03 Å². The average Bonchev–Trinajstić information content (AvgIpc) is 2.84. The standard InChI is InChI=1S/C28H25FN2O5/c1-4-35-25-15-20(9-12-24(25)36-16-19-7-10-21(29)11-8-19)14-22-26(32)30-28(34)31(27(22)33)23-13-17(2)5-6-18(23)3/h5-15H,4,16H2,1-3H3,(H,30,32,34)/b22-14+. The first kappa shape index (κ1) is 24.7. The second kappa shape index (κ2) is 10.4. The van der Waals surface area contributed by atoms with Crippen molar-refractivity contribution in [1.29, 1.82) is 0 Å². The zero-order valence-corrected chi connectivity index (χ0v) is 20.1. The molecule has 1 aliphatic heterocycles. The van der Waals surface area contributed by atoms with Gasteiger partial charge in [-0.05, 0) is 79.4 Å². The van der Waals surface area contributed by atoms with Crippen molar-refractivity contribution in [2.75, 3.05) is 11.5 Å². The van der Waals surface area contributed by atoms with E-state index >= 15 is 0 Å². The van der Waals surface area contributed by atoms with Crippen LogP contribution in [0.1, 0.15) is 29.2 Å². The van der Waals surface area contributed by atoms with E-state index in [1.54, 1.807) is 43.3 Å². The summed E-state index contributed by atoms with van der Waals surface area (Å²) >= 11 is 0. The summed E-state index contributed by atoms with van der Waals surface area (Å²) in [4.78, 5) is 39.4. The molecule has 1 fully saturated rings. The third-order valence-electron chi connectivity index (χ3n) is 5.59. The first-order valence-corrected chi connectivity index (χ1v) is 11.4.